The van der Waals surface area contributed by atoms with E-state index < -0.39 is 0 Å². The highest BCUT2D eigenvalue weighted by atomic mass is 32.2. The van der Waals surface area contributed by atoms with Crippen LogP contribution in [0.3, 0.4) is 0 Å². The van der Waals surface area contributed by atoms with Gasteiger partial charge in [0.2, 0.25) is 5.91 Å². The lowest BCUT2D eigenvalue weighted by Gasteiger charge is -2.24. The summed E-state index contributed by atoms with van der Waals surface area (Å²) in [4.78, 5) is 24.9. The Balaban J connectivity index is 1.81. The van der Waals surface area contributed by atoms with Crippen LogP contribution in [0.2, 0.25) is 0 Å². The second-order valence-electron chi connectivity index (χ2n) is 6.55. The molecule has 0 spiro atoms. The summed E-state index contributed by atoms with van der Waals surface area (Å²) in [6, 6.07) is 0.258. The Labute approximate surface area is 143 Å². The minimum Gasteiger partial charge on any atom is -0.310 e. The van der Waals surface area contributed by atoms with Crippen molar-refractivity contribution in [1.29, 1.82) is 0 Å². The number of hydrogen-bond acceptors (Lipinski definition) is 4. The molecular weight excluding hydrogens is 326 g/mol. The molecule has 0 bridgehead atoms. The topological polar surface area (TPSA) is 84.7 Å². The van der Waals surface area contributed by atoms with Gasteiger partial charge in [-0.05, 0) is 12.8 Å². The maximum atomic E-state index is 12.7. The van der Waals surface area contributed by atoms with Crippen LogP contribution in [0.15, 0.2) is 17.2 Å². The summed E-state index contributed by atoms with van der Waals surface area (Å²) in [5.41, 5.74) is 1.48. The van der Waals surface area contributed by atoms with Crippen LogP contribution in [0.5, 0.6) is 0 Å². The highest BCUT2D eigenvalue weighted by molar-refractivity contribution is 8.00. The summed E-state index contributed by atoms with van der Waals surface area (Å²) >= 11 is 1.48. The molecule has 1 aliphatic heterocycles. The van der Waals surface area contributed by atoms with Gasteiger partial charge in [-0.25, -0.2) is 0 Å². The number of fused-ring (bicyclic) bond motifs is 1. The number of nitrogens with one attached hydrogen (secondary N) is 2. The molecule has 4 rings (SSSR count). The van der Waals surface area contributed by atoms with Gasteiger partial charge in [0.05, 0.1) is 28.8 Å². The average molecular weight is 347 g/mol. The van der Waals surface area contributed by atoms with Crippen LogP contribution in [0.1, 0.15) is 54.5 Å². The fraction of sp³-hybridized carbons (Fsp3) is 0.562. The number of H-pyrrole nitrogens is 1. The second-order valence-corrected chi connectivity index (χ2v) is 7.65. The number of aryl methyl sites for hydroxylation is 1. The van der Waals surface area contributed by atoms with Crippen molar-refractivity contribution in [2.24, 2.45) is 7.05 Å². The maximum absolute atomic E-state index is 12.7. The lowest BCUT2D eigenvalue weighted by molar-refractivity contribution is -0.113. The van der Waals surface area contributed by atoms with E-state index in [1.54, 1.807) is 10.9 Å². The highest BCUT2D eigenvalue weighted by Gasteiger charge is 2.33. The Kier molecular flexibility index (Phi) is 3.99. The number of nitrogens with zero attached hydrogens (tertiary/aromatic N) is 3. The van der Waals surface area contributed by atoms with Gasteiger partial charge in [0.25, 0.3) is 5.56 Å². The zero-order chi connectivity index (χ0) is 16.7. The molecule has 2 aromatic heterocycles. The van der Waals surface area contributed by atoms with E-state index in [2.05, 4.69) is 15.5 Å². The standard InChI is InChI=1S/C16H21N5O2S/c1-20-8-10(7-17-20)14-13-15(18-12(22)9-24-14)21(19-16(13)23)11-5-3-2-4-6-11/h7-8,11,14H,2-6,9H2,1H3,(H,18,22)(H,19,23)/t14-/m1/s1. The van der Waals surface area contributed by atoms with E-state index in [0.717, 1.165) is 31.2 Å². The van der Waals surface area contributed by atoms with Crippen LogP contribution in [-0.2, 0) is 11.8 Å². The predicted molar refractivity (Wildman–Crippen MR) is 93.3 cm³/mol. The number of thioether (sulfide) groups is 1. The molecule has 7 nitrogen and oxygen atoms in total. The molecule has 3 heterocycles. The third kappa shape index (κ3) is 2.68. The van der Waals surface area contributed by atoms with Crippen LogP contribution in [0.25, 0.3) is 0 Å². The third-order valence-corrected chi connectivity index (χ3v) is 6.10. The first-order chi connectivity index (χ1) is 11.6. The van der Waals surface area contributed by atoms with Crippen molar-refractivity contribution >= 4 is 23.5 Å². The van der Waals surface area contributed by atoms with E-state index in [4.69, 9.17) is 0 Å². The zero-order valence-corrected chi connectivity index (χ0v) is 14.4. The predicted octanol–water partition coefficient (Wildman–Crippen LogP) is 2.19. The molecule has 1 atom stereocenters. The second kappa shape index (κ2) is 6.16. The Morgan fingerprint density at radius 3 is 2.75 bits per heavy atom. The molecule has 0 unspecified atom stereocenters. The molecule has 2 aromatic rings. The first kappa shape index (κ1) is 15.6. The number of aromatic amines is 1. The summed E-state index contributed by atoms with van der Waals surface area (Å²) in [5.74, 6) is 0.921. The van der Waals surface area contributed by atoms with Gasteiger partial charge in [0.15, 0.2) is 0 Å². The fourth-order valence-corrected chi connectivity index (χ4v) is 4.79. The SMILES string of the molecule is Cn1cc([C@H]2SCC(=O)Nc3c2c(=O)[nH]n3C2CCCCC2)cn1. The van der Waals surface area contributed by atoms with Gasteiger partial charge in [0.1, 0.15) is 5.82 Å². The smallest absolute Gasteiger partial charge is 0.270 e. The third-order valence-electron chi connectivity index (χ3n) is 4.83. The molecular formula is C16H21N5O2S. The summed E-state index contributed by atoms with van der Waals surface area (Å²) in [7, 11) is 1.85. The van der Waals surface area contributed by atoms with E-state index in [-0.39, 0.29) is 22.8 Å². The molecule has 128 valence electrons. The molecule has 2 aliphatic rings. The lowest BCUT2D eigenvalue weighted by Crippen LogP contribution is -2.21. The number of anilines is 1. The van der Waals surface area contributed by atoms with Gasteiger partial charge in [-0.1, -0.05) is 19.3 Å². The normalized spacial score (nSPS) is 22.0. The molecule has 1 amide bonds. The van der Waals surface area contributed by atoms with Gasteiger partial charge >= 0.3 is 0 Å². The van der Waals surface area contributed by atoms with E-state index in [0.29, 0.717) is 17.1 Å². The summed E-state index contributed by atoms with van der Waals surface area (Å²) in [6.45, 7) is 0. The molecule has 8 heteroatoms. The average Bonchev–Trinajstić information content (AvgIpc) is 3.08. The summed E-state index contributed by atoms with van der Waals surface area (Å²) in [5, 5.41) is 9.99. The van der Waals surface area contributed by atoms with E-state index >= 15 is 0 Å². The van der Waals surface area contributed by atoms with Crippen LogP contribution >= 0.6 is 11.8 Å². The summed E-state index contributed by atoms with van der Waals surface area (Å²) < 4.78 is 3.63. The van der Waals surface area contributed by atoms with Crippen molar-refractivity contribution in [1.82, 2.24) is 19.6 Å². The van der Waals surface area contributed by atoms with Crippen LogP contribution in [0.4, 0.5) is 5.82 Å². The van der Waals surface area contributed by atoms with Gasteiger partial charge in [-0.3, -0.25) is 24.1 Å². The molecule has 1 fully saturated rings. The Bertz CT molecular complexity index is 815. The molecule has 1 aliphatic carbocycles. The molecule has 2 N–H and O–H groups in total. The van der Waals surface area contributed by atoms with Crippen molar-refractivity contribution in [3.8, 4) is 0 Å². The van der Waals surface area contributed by atoms with E-state index in [1.807, 2.05) is 17.9 Å². The van der Waals surface area contributed by atoms with Gasteiger partial charge in [-0.15, -0.1) is 11.8 Å². The van der Waals surface area contributed by atoms with Crippen molar-refractivity contribution < 1.29 is 4.79 Å². The van der Waals surface area contributed by atoms with E-state index in [1.165, 1.54) is 18.2 Å². The first-order valence-corrected chi connectivity index (χ1v) is 9.43. The fourth-order valence-electron chi connectivity index (χ4n) is 3.70. The van der Waals surface area contributed by atoms with Crippen molar-refractivity contribution in [3.63, 3.8) is 0 Å². The minimum absolute atomic E-state index is 0.0591. The molecule has 1 saturated carbocycles. The number of amides is 1. The molecule has 0 aromatic carbocycles. The Hall–Kier alpha value is -1.96. The van der Waals surface area contributed by atoms with E-state index in [9.17, 15) is 9.59 Å². The van der Waals surface area contributed by atoms with Crippen LogP contribution < -0.4 is 10.9 Å². The number of hydrogen-bond donors (Lipinski definition) is 2. The maximum Gasteiger partial charge on any atom is 0.270 e. The largest absolute Gasteiger partial charge is 0.310 e. The lowest BCUT2D eigenvalue weighted by atomic mass is 9.95. The highest BCUT2D eigenvalue weighted by Crippen LogP contribution is 2.41. The van der Waals surface area contributed by atoms with Crippen LogP contribution in [0, 0.1) is 0 Å². The Morgan fingerprint density at radius 2 is 2.04 bits per heavy atom. The number of carbonyl (C=O) groups excluding carboxylic acids is 1. The molecule has 24 heavy (non-hydrogen) atoms. The Morgan fingerprint density at radius 1 is 1.25 bits per heavy atom. The van der Waals surface area contributed by atoms with Gasteiger partial charge in [-0.2, -0.15) is 5.10 Å². The number of rotatable bonds is 2. The van der Waals surface area contributed by atoms with Gasteiger partial charge in [0, 0.05) is 18.8 Å². The van der Waals surface area contributed by atoms with Crippen molar-refractivity contribution in [3.05, 3.63) is 33.9 Å². The quantitative estimate of drug-likeness (QED) is 0.872. The minimum atomic E-state index is -0.179. The number of aromatic nitrogens is 4. The summed E-state index contributed by atoms with van der Waals surface area (Å²) in [6.07, 6.45) is 9.33. The molecule has 0 saturated heterocycles. The van der Waals surface area contributed by atoms with Crippen LogP contribution in [-0.4, -0.2) is 31.2 Å². The zero-order valence-electron chi connectivity index (χ0n) is 13.6. The first-order valence-electron chi connectivity index (χ1n) is 8.38. The number of carbonyl (C=O) groups is 1. The van der Waals surface area contributed by atoms with Gasteiger partial charge < -0.3 is 5.32 Å². The monoisotopic (exact) mass is 347 g/mol. The van der Waals surface area contributed by atoms with Crippen molar-refractivity contribution in [2.75, 3.05) is 11.1 Å². The molecule has 0 radical (unpaired) electrons. The van der Waals surface area contributed by atoms with Crippen molar-refractivity contribution in [2.45, 2.75) is 43.4 Å².